The zero-order valence-electron chi connectivity index (χ0n) is 17.8. The van der Waals surface area contributed by atoms with Crippen LogP contribution in [0.25, 0.3) is 0 Å². The Morgan fingerprint density at radius 2 is 1.80 bits per heavy atom. The lowest BCUT2D eigenvalue weighted by Crippen LogP contribution is -2.33. The Hall–Kier alpha value is -3.15. The van der Waals surface area contributed by atoms with E-state index in [4.69, 9.17) is 0 Å². The molecule has 2 aromatic rings. The van der Waals surface area contributed by atoms with E-state index in [1.54, 1.807) is 18.2 Å². The van der Waals surface area contributed by atoms with Gasteiger partial charge in [-0.25, -0.2) is 0 Å². The van der Waals surface area contributed by atoms with Crippen LogP contribution in [-0.4, -0.2) is 35.7 Å². The van der Waals surface area contributed by atoms with E-state index in [0.717, 1.165) is 24.1 Å². The Morgan fingerprint density at radius 3 is 2.43 bits per heavy atom. The van der Waals surface area contributed by atoms with Gasteiger partial charge >= 0.3 is 0 Å². The molecule has 1 saturated heterocycles. The van der Waals surface area contributed by atoms with Crippen LogP contribution in [0.2, 0.25) is 0 Å². The van der Waals surface area contributed by atoms with Crippen LogP contribution in [-0.2, 0) is 21.5 Å². The van der Waals surface area contributed by atoms with Gasteiger partial charge < -0.3 is 15.5 Å². The fourth-order valence-electron chi connectivity index (χ4n) is 3.43. The van der Waals surface area contributed by atoms with E-state index in [2.05, 4.69) is 31.4 Å². The van der Waals surface area contributed by atoms with E-state index >= 15 is 0 Å². The van der Waals surface area contributed by atoms with Gasteiger partial charge in [0.2, 0.25) is 11.8 Å². The lowest BCUT2D eigenvalue weighted by Gasteiger charge is -2.19. The van der Waals surface area contributed by atoms with E-state index in [9.17, 15) is 14.4 Å². The largest absolute Gasteiger partial charge is 0.343 e. The zero-order chi connectivity index (χ0) is 21.7. The quantitative estimate of drug-likeness (QED) is 0.770. The van der Waals surface area contributed by atoms with Crippen molar-refractivity contribution in [2.45, 2.75) is 45.6 Å². The highest BCUT2D eigenvalue weighted by atomic mass is 16.2. The molecule has 1 aliphatic rings. The van der Waals surface area contributed by atoms with Gasteiger partial charge in [0.05, 0.1) is 6.54 Å². The fraction of sp³-hybridized carbons (Fsp3) is 0.375. The molecule has 0 bridgehead atoms. The number of likely N-dealkylation sites (tertiary alicyclic amines) is 1. The minimum Gasteiger partial charge on any atom is -0.343 e. The first-order valence-corrected chi connectivity index (χ1v) is 10.3. The summed E-state index contributed by atoms with van der Waals surface area (Å²) in [5.41, 5.74) is 3.30. The van der Waals surface area contributed by atoms with E-state index in [0.29, 0.717) is 24.2 Å². The lowest BCUT2D eigenvalue weighted by molar-refractivity contribution is -0.128. The summed E-state index contributed by atoms with van der Waals surface area (Å²) in [7, 11) is 0. The first-order valence-electron chi connectivity index (χ1n) is 10.3. The number of amides is 3. The average Bonchev–Trinajstić information content (AvgIpc) is 3.10. The molecular weight excluding hydrogens is 378 g/mol. The maximum absolute atomic E-state index is 12.3. The molecule has 0 aliphatic carbocycles. The van der Waals surface area contributed by atoms with E-state index in [1.807, 2.05) is 35.2 Å². The Kier molecular flexibility index (Phi) is 6.55. The van der Waals surface area contributed by atoms with Gasteiger partial charge in [-0.2, -0.15) is 0 Å². The number of benzene rings is 2. The average molecular weight is 408 g/mol. The number of nitrogens with one attached hydrogen (secondary N) is 2. The van der Waals surface area contributed by atoms with Gasteiger partial charge in [0.15, 0.2) is 0 Å². The zero-order valence-corrected chi connectivity index (χ0v) is 17.8. The molecule has 2 N–H and O–H groups in total. The van der Waals surface area contributed by atoms with Crippen LogP contribution >= 0.6 is 0 Å². The third-order valence-electron chi connectivity index (χ3n) is 5.18. The summed E-state index contributed by atoms with van der Waals surface area (Å²) in [5.74, 6) is -0.418. The van der Waals surface area contributed by atoms with Crippen molar-refractivity contribution in [2.75, 3.05) is 18.4 Å². The Balaban J connectivity index is 1.51. The molecule has 1 fully saturated rings. The second kappa shape index (κ2) is 9.11. The van der Waals surface area contributed by atoms with Crippen molar-refractivity contribution in [3.63, 3.8) is 0 Å². The number of nitrogens with zero attached hydrogens (tertiary/aromatic N) is 1. The van der Waals surface area contributed by atoms with Gasteiger partial charge in [0, 0.05) is 30.8 Å². The summed E-state index contributed by atoms with van der Waals surface area (Å²) in [6.45, 7) is 7.55. The van der Waals surface area contributed by atoms with Crippen molar-refractivity contribution in [3.8, 4) is 0 Å². The summed E-state index contributed by atoms with van der Waals surface area (Å²) < 4.78 is 0. The second-order valence-corrected chi connectivity index (χ2v) is 8.68. The third-order valence-corrected chi connectivity index (χ3v) is 5.18. The molecule has 1 heterocycles. The van der Waals surface area contributed by atoms with Gasteiger partial charge in [-0.3, -0.25) is 14.4 Å². The van der Waals surface area contributed by atoms with Gasteiger partial charge in [-0.15, -0.1) is 0 Å². The van der Waals surface area contributed by atoms with Crippen LogP contribution in [0.3, 0.4) is 0 Å². The Labute approximate surface area is 177 Å². The van der Waals surface area contributed by atoms with Gasteiger partial charge in [0.1, 0.15) is 0 Å². The number of hydrogen-bond acceptors (Lipinski definition) is 3. The molecule has 0 unspecified atom stereocenters. The summed E-state index contributed by atoms with van der Waals surface area (Å²) in [4.78, 5) is 38.2. The lowest BCUT2D eigenvalue weighted by atomic mass is 9.87. The van der Waals surface area contributed by atoms with Crippen molar-refractivity contribution < 1.29 is 14.4 Å². The van der Waals surface area contributed by atoms with E-state index in [1.165, 1.54) is 0 Å². The number of carbonyl (C=O) groups excluding carboxylic acids is 3. The molecule has 0 atom stereocenters. The van der Waals surface area contributed by atoms with Gasteiger partial charge in [-0.05, 0) is 47.2 Å². The first kappa shape index (κ1) is 21.6. The molecule has 30 heavy (non-hydrogen) atoms. The summed E-state index contributed by atoms with van der Waals surface area (Å²) in [5, 5.41) is 5.45. The second-order valence-electron chi connectivity index (χ2n) is 8.68. The first-order chi connectivity index (χ1) is 14.2. The molecule has 6 nitrogen and oxygen atoms in total. The van der Waals surface area contributed by atoms with Crippen LogP contribution in [0.15, 0.2) is 48.5 Å². The number of hydrogen-bond donors (Lipinski definition) is 2. The van der Waals surface area contributed by atoms with E-state index in [-0.39, 0.29) is 29.7 Å². The highest BCUT2D eigenvalue weighted by Crippen LogP contribution is 2.22. The van der Waals surface area contributed by atoms with Gasteiger partial charge in [-0.1, -0.05) is 45.0 Å². The SMILES string of the molecule is CC(C)(C)c1ccc(C(=O)NCC(=O)Nc2cccc(CN3CCCC3=O)c2)cc1. The maximum atomic E-state index is 12.3. The minimum atomic E-state index is -0.302. The predicted molar refractivity (Wildman–Crippen MR) is 117 cm³/mol. The number of anilines is 1. The molecule has 0 saturated carbocycles. The molecule has 6 heteroatoms. The molecular formula is C24H29N3O3. The third kappa shape index (κ3) is 5.69. The standard InChI is InChI=1S/C24H29N3O3/c1-24(2,3)19-11-9-18(10-12-19)23(30)25-15-21(28)26-20-7-4-6-17(14-20)16-27-13-5-8-22(27)29/h4,6-7,9-12,14H,5,8,13,15-16H2,1-3H3,(H,25,30)(H,26,28). The molecule has 0 spiro atoms. The van der Waals surface area contributed by atoms with Gasteiger partial charge in [0.25, 0.3) is 5.91 Å². The normalized spacial score (nSPS) is 14.0. The molecule has 0 aromatic heterocycles. The maximum Gasteiger partial charge on any atom is 0.251 e. The van der Waals surface area contributed by atoms with Crippen LogP contribution < -0.4 is 10.6 Å². The van der Waals surface area contributed by atoms with Crippen LogP contribution in [0, 0.1) is 0 Å². The van der Waals surface area contributed by atoms with Crippen molar-refractivity contribution in [1.29, 1.82) is 0 Å². The van der Waals surface area contributed by atoms with Crippen molar-refractivity contribution in [1.82, 2.24) is 10.2 Å². The highest BCUT2D eigenvalue weighted by Gasteiger charge is 2.20. The monoisotopic (exact) mass is 407 g/mol. The topological polar surface area (TPSA) is 78.5 Å². The smallest absolute Gasteiger partial charge is 0.251 e. The summed E-state index contributed by atoms with van der Waals surface area (Å²) in [6.07, 6.45) is 1.50. The highest BCUT2D eigenvalue weighted by molar-refractivity contribution is 5.99. The van der Waals surface area contributed by atoms with Crippen molar-refractivity contribution in [2.24, 2.45) is 0 Å². The van der Waals surface area contributed by atoms with Crippen molar-refractivity contribution in [3.05, 3.63) is 65.2 Å². The number of rotatable bonds is 6. The fourth-order valence-corrected chi connectivity index (χ4v) is 3.43. The van der Waals surface area contributed by atoms with Crippen LogP contribution in [0.4, 0.5) is 5.69 Å². The Morgan fingerprint density at radius 1 is 1.07 bits per heavy atom. The minimum absolute atomic E-state index is 0.0193. The van der Waals surface area contributed by atoms with Crippen LogP contribution in [0.5, 0.6) is 0 Å². The Bertz CT molecular complexity index is 929. The van der Waals surface area contributed by atoms with Crippen molar-refractivity contribution >= 4 is 23.4 Å². The molecule has 3 rings (SSSR count). The van der Waals surface area contributed by atoms with E-state index < -0.39 is 0 Å². The van der Waals surface area contributed by atoms with Crippen LogP contribution in [0.1, 0.15) is 55.1 Å². The molecule has 3 amide bonds. The number of carbonyl (C=O) groups is 3. The molecule has 0 radical (unpaired) electrons. The summed E-state index contributed by atoms with van der Waals surface area (Å²) in [6, 6.07) is 14.9. The predicted octanol–water partition coefficient (Wildman–Crippen LogP) is 3.48. The molecule has 158 valence electrons. The molecule has 2 aromatic carbocycles. The molecule has 1 aliphatic heterocycles. The summed E-state index contributed by atoms with van der Waals surface area (Å²) >= 11 is 0.